The molecule has 0 aliphatic carbocycles. The second kappa shape index (κ2) is 6.72. The van der Waals surface area contributed by atoms with Crippen LogP contribution in [0.25, 0.3) is 0 Å². The summed E-state index contributed by atoms with van der Waals surface area (Å²) >= 11 is 0. The summed E-state index contributed by atoms with van der Waals surface area (Å²) in [6.45, 7) is 13.1. The largest absolute Gasteiger partial charge is 0.366 e. The summed E-state index contributed by atoms with van der Waals surface area (Å²) in [5, 5.41) is 6.69. The third kappa shape index (κ3) is 4.57. The minimum atomic E-state index is -0.169. The average molecular weight is 244 g/mol. The van der Waals surface area contributed by atoms with E-state index in [0.717, 1.165) is 12.8 Å². The van der Waals surface area contributed by atoms with E-state index < -0.39 is 0 Å². The van der Waals surface area contributed by atoms with Crippen LogP contribution in [0.1, 0.15) is 54.4 Å². The van der Waals surface area contributed by atoms with Crippen LogP contribution in [-0.2, 0) is 4.74 Å². The number of likely N-dealkylation sites (N-methyl/N-ethyl adjacent to an activating group) is 2. The summed E-state index contributed by atoms with van der Waals surface area (Å²) in [5.74, 6) is 0. The quantitative estimate of drug-likeness (QED) is 0.688. The second-order valence-corrected chi connectivity index (χ2v) is 5.81. The molecule has 104 valence electrons. The third-order valence-electron chi connectivity index (χ3n) is 3.72. The first-order valence-electron chi connectivity index (χ1n) is 6.79. The van der Waals surface area contributed by atoms with Gasteiger partial charge in [0, 0.05) is 12.1 Å². The molecular weight excluding hydrogens is 212 g/mol. The molecule has 0 fully saturated rings. The fourth-order valence-electron chi connectivity index (χ4n) is 2.91. The summed E-state index contributed by atoms with van der Waals surface area (Å²) in [6, 6.07) is 0.743. The molecule has 2 N–H and O–H groups in total. The van der Waals surface area contributed by atoms with Crippen molar-refractivity contribution in [2.24, 2.45) is 0 Å². The maximum absolute atomic E-state index is 6.39. The summed E-state index contributed by atoms with van der Waals surface area (Å²) in [7, 11) is 4.00. The van der Waals surface area contributed by atoms with E-state index in [1.807, 2.05) is 14.1 Å². The van der Waals surface area contributed by atoms with E-state index >= 15 is 0 Å². The standard InChI is InChI=1S/C14H32N2O/c1-9-11(15-7)13(3,4)17-14(5,6)12(10-2)16-8/h11-12,15-16H,9-10H2,1-8H3. The normalized spacial score (nSPS) is 16.9. The molecule has 3 nitrogen and oxygen atoms in total. The molecule has 0 bridgehead atoms. The van der Waals surface area contributed by atoms with Gasteiger partial charge in [-0.05, 0) is 54.6 Å². The Hall–Kier alpha value is -0.120. The Labute approximate surface area is 108 Å². The van der Waals surface area contributed by atoms with E-state index in [0.29, 0.717) is 12.1 Å². The van der Waals surface area contributed by atoms with Gasteiger partial charge in [-0.25, -0.2) is 0 Å². The highest BCUT2D eigenvalue weighted by atomic mass is 16.5. The number of rotatable bonds is 8. The van der Waals surface area contributed by atoms with Crippen LogP contribution < -0.4 is 10.6 Å². The van der Waals surface area contributed by atoms with Gasteiger partial charge in [0.05, 0.1) is 11.2 Å². The minimum absolute atomic E-state index is 0.169. The predicted molar refractivity (Wildman–Crippen MR) is 75.5 cm³/mol. The Bertz CT molecular complexity index is 184. The first-order chi connectivity index (χ1) is 7.75. The van der Waals surface area contributed by atoms with Crippen molar-refractivity contribution in [1.29, 1.82) is 0 Å². The molecule has 0 aliphatic rings. The lowest BCUT2D eigenvalue weighted by atomic mass is 9.91. The fourth-order valence-corrected chi connectivity index (χ4v) is 2.91. The van der Waals surface area contributed by atoms with Crippen molar-refractivity contribution in [2.45, 2.75) is 77.7 Å². The highest BCUT2D eigenvalue weighted by Gasteiger charge is 2.37. The molecule has 0 heterocycles. The van der Waals surface area contributed by atoms with Gasteiger partial charge in [0.1, 0.15) is 0 Å². The van der Waals surface area contributed by atoms with Crippen LogP contribution in [0, 0.1) is 0 Å². The zero-order valence-electron chi connectivity index (χ0n) is 13.0. The van der Waals surface area contributed by atoms with Crippen molar-refractivity contribution in [3.05, 3.63) is 0 Å². The Balaban J connectivity index is 4.78. The Kier molecular flexibility index (Phi) is 6.67. The second-order valence-electron chi connectivity index (χ2n) is 5.81. The Morgan fingerprint density at radius 3 is 1.29 bits per heavy atom. The van der Waals surface area contributed by atoms with Gasteiger partial charge in [0.2, 0.25) is 0 Å². The van der Waals surface area contributed by atoms with E-state index in [-0.39, 0.29) is 11.2 Å². The maximum Gasteiger partial charge on any atom is 0.0786 e. The number of hydrogen-bond acceptors (Lipinski definition) is 3. The average Bonchev–Trinajstić information content (AvgIpc) is 2.18. The summed E-state index contributed by atoms with van der Waals surface area (Å²) in [5.41, 5.74) is -0.339. The van der Waals surface area contributed by atoms with Crippen LogP contribution in [0.2, 0.25) is 0 Å². The lowest BCUT2D eigenvalue weighted by molar-refractivity contribution is -0.151. The monoisotopic (exact) mass is 244 g/mol. The number of nitrogens with one attached hydrogen (secondary N) is 2. The summed E-state index contributed by atoms with van der Waals surface area (Å²) < 4.78 is 6.39. The molecule has 0 spiro atoms. The van der Waals surface area contributed by atoms with Crippen molar-refractivity contribution >= 4 is 0 Å². The van der Waals surface area contributed by atoms with E-state index in [2.05, 4.69) is 52.2 Å². The van der Waals surface area contributed by atoms with Crippen molar-refractivity contribution in [3.63, 3.8) is 0 Å². The lowest BCUT2D eigenvalue weighted by Gasteiger charge is -2.44. The molecule has 0 amide bonds. The molecule has 0 saturated heterocycles. The SMILES string of the molecule is CCC(NC)C(C)(C)OC(C)(C)C(CC)NC. The molecule has 3 heteroatoms. The van der Waals surface area contributed by atoms with Crippen molar-refractivity contribution in [1.82, 2.24) is 10.6 Å². The van der Waals surface area contributed by atoms with E-state index in [1.165, 1.54) is 0 Å². The third-order valence-corrected chi connectivity index (χ3v) is 3.72. The van der Waals surface area contributed by atoms with E-state index in [9.17, 15) is 0 Å². The van der Waals surface area contributed by atoms with Gasteiger partial charge in [-0.2, -0.15) is 0 Å². The maximum atomic E-state index is 6.39. The minimum Gasteiger partial charge on any atom is -0.366 e. The van der Waals surface area contributed by atoms with Gasteiger partial charge < -0.3 is 15.4 Å². The van der Waals surface area contributed by atoms with E-state index in [4.69, 9.17) is 4.74 Å². The van der Waals surface area contributed by atoms with Gasteiger partial charge in [-0.15, -0.1) is 0 Å². The molecule has 0 radical (unpaired) electrons. The van der Waals surface area contributed by atoms with Gasteiger partial charge in [-0.1, -0.05) is 13.8 Å². The molecule has 0 aromatic heterocycles. The number of hydrogen-bond donors (Lipinski definition) is 2. The molecule has 0 aromatic rings. The fraction of sp³-hybridized carbons (Fsp3) is 1.00. The molecule has 0 rings (SSSR count). The van der Waals surface area contributed by atoms with Gasteiger partial charge in [-0.3, -0.25) is 0 Å². The van der Waals surface area contributed by atoms with Gasteiger partial charge >= 0.3 is 0 Å². The van der Waals surface area contributed by atoms with Crippen LogP contribution in [0.15, 0.2) is 0 Å². The Morgan fingerprint density at radius 2 is 1.12 bits per heavy atom. The molecule has 2 atom stereocenters. The van der Waals surface area contributed by atoms with Gasteiger partial charge in [0.25, 0.3) is 0 Å². The first kappa shape index (κ1) is 16.9. The molecular formula is C14H32N2O. The van der Waals surface area contributed by atoms with Gasteiger partial charge in [0.15, 0.2) is 0 Å². The molecule has 0 saturated carbocycles. The lowest BCUT2D eigenvalue weighted by Crippen LogP contribution is -2.56. The van der Waals surface area contributed by atoms with Crippen LogP contribution in [0.3, 0.4) is 0 Å². The van der Waals surface area contributed by atoms with Crippen LogP contribution in [-0.4, -0.2) is 37.4 Å². The number of ether oxygens (including phenoxy) is 1. The highest BCUT2D eigenvalue weighted by molar-refractivity contribution is 4.91. The van der Waals surface area contributed by atoms with Crippen molar-refractivity contribution in [3.8, 4) is 0 Å². The Morgan fingerprint density at radius 1 is 0.824 bits per heavy atom. The van der Waals surface area contributed by atoms with Crippen molar-refractivity contribution in [2.75, 3.05) is 14.1 Å². The highest BCUT2D eigenvalue weighted by Crippen LogP contribution is 2.28. The zero-order chi connectivity index (χ0) is 13.7. The molecule has 17 heavy (non-hydrogen) atoms. The van der Waals surface area contributed by atoms with Crippen LogP contribution >= 0.6 is 0 Å². The van der Waals surface area contributed by atoms with Crippen molar-refractivity contribution < 1.29 is 4.74 Å². The molecule has 0 aromatic carbocycles. The van der Waals surface area contributed by atoms with Crippen LogP contribution in [0.5, 0.6) is 0 Å². The topological polar surface area (TPSA) is 33.3 Å². The first-order valence-corrected chi connectivity index (χ1v) is 6.79. The smallest absolute Gasteiger partial charge is 0.0786 e. The van der Waals surface area contributed by atoms with Crippen LogP contribution in [0.4, 0.5) is 0 Å². The molecule has 2 unspecified atom stereocenters. The predicted octanol–water partition coefficient (Wildman–Crippen LogP) is 2.56. The molecule has 0 aliphatic heterocycles. The summed E-state index contributed by atoms with van der Waals surface area (Å²) in [6.07, 6.45) is 2.13. The zero-order valence-corrected chi connectivity index (χ0v) is 13.0. The summed E-state index contributed by atoms with van der Waals surface area (Å²) in [4.78, 5) is 0. The van der Waals surface area contributed by atoms with E-state index in [1.54, 1.807) is 0 Å².